The van der Waals surface area contributed by atoms with Crippen LogP contribution in [0.4, 0.5) is 4.79 Å². The molecule has 0 aliphatic heterocycles. The van der Waals surface area contributed by atoms with Gasteiger partial charge in [-0.25, -0.2) is 4.79 Å². The van der Waals surface area contributed by atoms with Crippen LogP contribution in [0.1, 0.15) is 47.0 Å². The molecule has 0 bridgehead atoms. The molecule has 1 saturated carbocycles. The Labute approximate surface area is 102 Å². The van der Waals surface area contributed by atoms with E-state index in [1.165, 1.54) is 6.42 Å². The van der Waals surface area contributed by atoms with Gasteiger partial charge in [0.2, 0.25) is 0 Å². The van der Waals surface area contributed by atoms with E-state index in [2.05, 4.69) is 20.8 Å². The van der Waals surface area contributed by atoms with Crippen molar-refractivity contribution in [3.05, 3.63) is 0 Å². The van der Waals surface area contributed by atoms with Gasteiger partial charge in [-0.3, -0.25) is 0 Å². The topological polar surface area (TPSA) is 35.5 Å². The molecule has 1 rings (SSSR count). The molecule has 0 amide bonds. The third-order valence-electron chi connectivity index (χ3n) is 2.87. The minimum Gasteiger partial charge on any atom is -0.431 e. The summed E-state index contributed by atoms with van der Waals surface area (Å²) in [5, 5.41) is 0. The smallest absolute Gasteiger partial charge is 0.431 e. The summed E-state index contributed by atoms with van der Waals surface area (Å²) in [4.78, 5) is 11.3. The fraction of sp³-hybridized carbons (Fsp3) is 0.917. The van der Waals surface area contributed by atoms with Gasteiger partial charge in [-0.05, 0) is 37.5 Å². The lowest BCUT2D eigenvalue weighted by atomic mass is 9.71. The minimum absolute atomic E-state index is 0.0401. The first-order chi connectivity index (χ1) is 7.28. The Morgan fingerprint density at radius 3 is 2.56 bits per heavy atom. The fourth-order valence-corrected chi connectivity index (χ4v) is 2.72. The molecule has 3 unspecified atom stereocenters. The molecular weight excluding hydrogens is 228 g/mol. The number of alkyl halides is 1. The third kappa shape index (κ3) is 4.60. The van der Waals surface area contributed by atoms with Gasteiger partial charge in [-0.1, -0.05) is 32.4 Å². The van der Waals surface area contributed by atoms with E-state index >= 15 is 0 Å². The van der Waals surface area contributed by atoms with Gasteiger partial charge in [-0.2, -0.15) is 0 Å². The average Bonchev–Trinajstić information content (AvgIpc) is 1.95. The SMILES string of the molecule is CC1CC(OC(=O)OC(C)Cl)CC(C)(C)C1. The lowest BCUT2D eigenvalue weighted by Crippen LogP contribution is -2.34. The Morgan fingerprint density at radius 2 is 2.06 bits per heavy atom. The first-order valence-corrected chi connectivity index (χ1v) is 6.23. The van der Waals surface area contributed by atoms with Crippen LogP contribution in [0.3, 0.4) is 0 Å². The van der Waals surface area contributed by atoms with Crippen LogP contribution in [-0.2, 0) is 9.47 Å². The summed E-state index contributed by atoms with van der Waals surface area (Å²) in [6.07, 6.45) is 2.28. The van der Waals surface area contributed by atoms with Crippen molar-refractivity contribution >= 4 is 17.8 Å². The van der Waals surface area contributed by atoms with Gasteiger partial charge in [0.05, 0.1) is 0 Å². The summed E-state index contributed by atoms with van der Waals surface area (Å²) in [5.41, 5.74) is -0.406. The lowest BCUT2D eigenvalue weighted by Gasteiger charge is -2.38. The van der Waals surface area contributed by atoms with Crippen molar-refractivity contribution in [2.24, 2.45) is 11.3 Å². The number of rotatable bonds is 2. The molecule has 1 aliphatic rings. The molecule has 1 aliphatic carbocycles. The summed E-state index contributed by atoms with van der Waals surface area (Å²) in [6.45, 7) is 8.19. The first kappa shape index (κ1) is 13.6. The van der Waals surface area contributed by atoms with Crippen LogP contribution in [0.2, 0.25) is 0 Å². The largest absolute Gasteiger partial charge is 0.510 e. The zero-order valence-corrected chi connectivity index (χ0v) is 11.2. The van der Waals surface area contributed by atoms with Gasteiger partial charge in [0.15, 0.2) is 5.56 Å². The zero-order chi connectivity index (χ0) is 12.3. The second-order valence-corrected chi connectivity index (χ2v) is 6.18. The van der Waals surface area contributed by atoms with E-state index in [0.717, 1.165) is 12.8 Å². The van der Waals surface area contributed by atoms with Crippen LogP contribution in [0.5, 0.6) is 0 Å². The van der Waals surface area contributed by atoms with Gasteiger partial charge >= 0.3 is 6.16 Å². The molecule has 0 heterocycles. The van der Waals surface area contributed by atoms with E-state index in [1.54, 1.807) is 6.92 Å². The van der Waals surface area contributed by atoms with Crippen LogP contribution >= 0.6 is 11.6 Å². The standard InChI is InChI=1S/C12H21ClO3/c1-8-5-10(7-12(3,4)6-8)16-11(14)15-9(2)13/h8-10H,5-7H2,1-4H3. The van der Waals surface area contributed by atoms with E-state index < -0.39 is 11.7 Å². The molecule has 16 heavy (non-hydrogen) atoms. The van der Waals surface area contributed by atoms with E-state index in [0.29, 0.717) is 5.92 Å². The maximum atomic E-state index is 11.3. The summed E-state index contributed by atoms with van der Waals surface area (Å²) in [7, 11) is 0. The van der Waals surface area contributed by atoms with Crippen molar-refractivity contribution in [1.29, 1.82) is 0 Å². The van der Waals surface area contributed by atoms with Gasteiger partial charge in [0.25, 0.3) is 0 Å². The molecule has 0 aromatic heterocycles. The summed E-state index contributed by atoms with van der Waals surface area (Å²) in [5.74, 6) is 0.579. The number of hydrogen-bond donors (Lipinski definition) is 0. The van der Waals surface area contributed by atoms with Crippen molar-refractivity contribution in [3.8, 4) is 0 Å². The van der Waals surface area contributed by atoms with Crippen molar-refractivity contribution < 1.29 is 14.3 Å². The van der Waals surface area contributed by atoms with Crippen LogP contribution in [0.15, 0.2) is 0 Å². The summed E-state index contributed by atoms with van der Waals surface area (Å²) < 4.78 is 10.0. The number of carbonyl (C=O) groups excluding carboxylic acids is 1. The van der Waals surface area contributed by atoms with Crippen LogP contribution in [0, 0.1) is 11.3 Å². The second-order valence-electron chi connectivity index (χ2n) is 5.56. The Kier molecular flexibility index (Phi) is 4.48. The molecule has 0 aromatic carbocycles. The Hall–Kier alpha value is -0.440. The molecule has 0 spiro atoms. The molecule has 4 heteroatoms. The second kappa shape index (κ2) is 5.26. The molecule has 1 fully saturated rings. The van der Waals surface area contributed by atoms with Crippen molar-refractivity contribution in [2.75, 3.05) is 0 Å². The molecule has 0 N–H and O–H groups in total. The van der Waals surface area contributed by atoms with Crippen LogP contribution in [0.25, 0.3) is 0 Å². The monoisotopic (exact) mass is 248 g/mol. The number of ether oxygens (including phenoxy) is 2. The van der Waals surface area contributed by atoms with Gasteiger partial charge in [0.1, 0.15) is 6.10 Å². The normalized spacial score (nSPS) is 30.6. The van der Waals surface area contributed by atoms with Crippen molar-refractivity contribution in [3.63, 3.8) is 0 Å². The van der Waals surface area contributed by atoms with Crippen molar-refractivity contribution in [2.45, 2.75) is 58.6 Å². The van der Waals surface area contributed by atoms with Gasteiger partial charge < -0.3 is 9.47 Å². The van der Waals surface area contributed by atoms with Crippen LogP contribution < -0.4 is 0 Å². The van der Waals surface area contributed by atoms with E-state index in [9.17, 15) is 4.79 Å². The highest BCUT2D eigenvalue weighted by Gasteiger charge is 2.34. The Balaban J connectivity index is 2.45. The molecule has 3 atom stereocenters. The van der Waals surface area contributed by atoms with E-state index in [1.807, 2.05) is 0 Å². The maximum Gasteiger partial charge on any atom is 0.510 e. The molecule has 3 nitrogen and oxygen atoms in total. The molecule has 0 aromatic rings. The van der Waals surface area contributed by atoms with Crippen LogP contribution in [-0.4, -0.2) is 17.8 Å². The zero-order valence-electron chi connectivity index (χ0n) is 10.5. The predicted molar refractivity (Wildman–Crippen MR) is 63.5 cm³/mol. The highest BCUT2D eigenvalue weighted by atomic mass is 35.5. The van der Waals surface area contributed by atoms with Gasteiger partial charge in [0, 0.05) is 0 Å². The highest BCUT2D eigenvalue weighted by Crippen LogP contribution is 2.39. The minimum atomic E-state index is -0.655. The number of halogens is 1. The molecular formula is C12H21ClO3. The fourth-order valence-electron chi connectivity index (χ4n) is 2.64. The Bertz CT molecular complexity index is 251. The van der Waals surface area contributed by atoms with E-state index in [-0.39, 0.29) is 11.5 Å². The maximum absolute atomic E-state index is 11.3. The first-order valence-electron chi connectivity index (χ1n) is 5.80. The van der Waals surface area contributed by atoms with Gasteiger partial charge in [-0.15, -0.1) is 0 Å². The quantitative estimate of drug-likeness (QED) is 0.549. The summed E-state index contributed by atoms with van der Waals surface area (Å²) >= 11 is 5.55. The molecule has 94 valence electrons. The van der Waals surface area contributed by atoms with E-state index in [4.69, 9.17) is 21.1 Å². The highest BCUT2D eigenvalue weighted by molar-refractivity contribution is 6.19. The average molecular weight is 249 g/mol. The Morgan fingerprint density at radius 1 is 1.44 bits per heavy atom. The predicted octanol–water partition coefficient (Wildman–Crippen LogP) is 3.94. The van der Waals surface area contributed by atoms with Crippen molar-refractivity contribution in [1.82, 2.24) is 0 Å². The number of carbonyl (C=O) groups is 1. The molecule has 0 saturated heterocycles. The molecule has 0 radical (unpaired) electrons. The number of hydrogen-bond acceptors (Lipinski definition) is 3. The third-order valence-corrected chi connectivity index (χ3v) is 2.96. The lowest BCUT2D eigenvalue weighted by molar-refractivity contribution is -0.0229. The summed E-state index contributed by atoms with van der Waals surface area (Å²) in [6, 6.07) is 0.